The molecule has 2 aromatic heterocycles. The van der Waals surface area contributed by atoms with Gasteiger partial charge in [0.1, 0.15) is 12.3 Å². The lowest BCUT2D eigenvalue weighted by atomic mass is 10.1. The van der Waals surface area contributed by atoms with Gasteiger partial charge in [-0.3, -0.25) is 4.79 Å². The first-order valence-electron chi connectivity index (χ1n) is 10.4. The van der Waals surface area contributed by atoms with Gasteiger partial charge >= 0.3 is 11.9 Å². The predicted molar refractivity (Wildman–Crippen MR) is 121 cm³/mol. The van der Waals surface area contributed by atoms with Crippen LogP contribution in [0.3, 0.4) is 0 Å². The maximum Gasteiger partial charge on any atom is 0.418 e. The predicted octanol–water partition coefficient (Wildman–Crippen LogP) is 4.49. The minimum atomic E-state index is -4.65. The number of fused-ring (bicyclic) bond motifs is 3. The number of carbonyl (C=O) groups excluding carboxylic acids is 1. The maximum absolute atomic E-state index is 13.3. The summed E-state index contributed by atoms with van der Waals surface area (Å²) in [6.07, 6.45) is -4.65. The summed E-state index contributed by atoms with van der Waals surface area (Å²) in [7, 11) is 0. The van der Waals surface area contributed by atoms with Crippen molar-refractivity contribution in [1.82, 2.24) is 19.2 Å². The Hall–Kier alpha value is -4.67. The van der Waals surface area contributed by atoms with E-state index in [0.29, 0.717) is 16.8 Å². The first kappa shape index (κ1) is 22.1. The fourth-order valence-electron chi connectivity index (χ4n) is 3.61. The van der Waals surface area contributed by atoms with Gasteiger partial charge in [-0.1, -0.05) is 42.5 Å². The molecule has 176 valence electrons. The highest BCUT2D eigenvalue weighted by atomic mass is 19.4. The molecule has 1 N–H and O–H groups in total. The minimum absolute atomic E-state index is 0.0357. The standard InChI is InChI=1S/C24H16F3N5O3/c25-24(26,27)16-10-4-5-11-17(16)28-20(33)14-31-23(34)32-19-13-7-6-12-18(19)29-22(21(32)30-31)35-15-8-2-1-3-9-15/h1-13H,14H2,(H,28,33). The molecule has 0 spiro atoms. The number of anilines is 1. The summed E-state index contributed by atoms with van der Waals surface area (Å²) in [5.41, 5.74) is -1.14. The third-order valence-corrected chi connectivity index (χ3v) is 5.13. The Balaban J connectivity index is 1.54. The van der Waals surface area contributed by atoms with Crippen molar-refractivity contribution in [1.29, 1.82) is 0 Å². The first-order valence-corrected chi connectivity index (χ1v) is 10.4. The third-order valence-electron chi connectivity index (χ3n) is 5.13. The number of alkyl halides is 3. The van der Waals surface area contributed by atoms with Crippen molar-refractivity contribution in [2.75, 3.05) is 5.32 Å². The van der Waals surface area contributed by atoms with E-state index in [0.717, 1.165) is 16.8 Å². The summed E-state index contributed by atoms with van der Waals surface area (Å²) in [6, 6.07) is 20.1. The Labute approximate surface area is 195 Å². The molecule has 35 heavy (non-hydrogen) atoms. The van der Waals surface area contributed by atoms with Gasteiger partial charge in [0.2, 0.25) is 11.6 Å². The number of nitrogens with zero attached hydrogens (tertiary/aromatic N) is 4. The molecule has 11 heteroatoms. The Morgan fingerprint density at radius 2 is 1.63 bits per heavy atom. The van der Waals surface area contributed by atoms with Crippen LogP contribution in [-0.4, -0.2) is 25.1 Å². The van der Waals surface area contributed by atoms with Crippen LogP contribution in [0.25, 0.3) is 16.7 Å². The van der Waals surface area contributed by atoms with Gasteiger partial charge in [-0.05, 0) is 36.4 Å². The number of rotatable bonds is 5. The number of benzene rings is 3. The van der Waals surface area contributed by atoms with Gasteiger partial charge in [0.25, 0.3) is 5.88 Å². The lowest BCUT2D eigenvalue weighted by Gasteiger charge is -2.13. The highest BCUT2D eigenvalue weighted by molar-refractivity contribution is 5.91. The monoisotopic (exact) mass is 479 g/mol. The van der Waals surface area contributed by atoms with E-state index in [1.807, 2.05) is 6.07 Å². The number of ether oxygens (including phenoxy) is 1. The number of amides is 1. The summed E-state index contributed by atoms with van der Waals surface area (Å²) in [5.74, 6) is -0.357. The summed E-state index contributed by atoms with van der Waals surface area (Å²) in [6.45, 7) is -0.619. The number of nitrogens with one attached hydrogen (secondary N) is 1. The van der Waals surface area contributed by atoms with Crippen LogP contribution in [0.15, 0.2) is 83.7 Å². The van der Waals surface area contributed by atoms with Crippen molar-refractivity contribution < 1.29 is 22.7 Å². The maximum atomic E-state index is 13.3. The molecule has 0 radical (unpaired) electrons. The molecular weight excluding hydrogens is 463 g/mol. The molecule has 0 aliphatic heterocycles. The molecule has 8 nitrogen and oxygen atoms in total. The SMILES string of the molecule is O=C(Cn1nc2c(Oc3ccccc3)nc3ccccc3n2c1=O)Nc1ccccc1C(F)(F)F. The quantitative estimate of drug-likeness (QED) is 0.401. The Morgan fingerprint density at radius 1 is 0.943 bits per heavy atom. The molecule has 5 aromatic rings. The van der Waals surface area contributed by atoms with Crippen LogP contribution in [-0.2, 0) is 17.5 Å². The lowest BCUT2D eigenvalue weighted by Crippen LogP contribution is -2.29. The van der Waals surface area contributed by atoms with Crippen LogP contribution in [0.1, 0.15) is 5.56 Å². The fraction of sp³-hybridized carbons (Fsp3) is 0.0833. The van der Waals surface area contributed by atoms with Crippen molar-refractivity contribution >= 4 is 28.3 Å². The van der Waals surface area contributed by atoms with Crippen molar-refractivity contribution in [2.45, 2.75) is 12.7 Å². The molecule has 0 fully saturated rings. The van der Waals surface area contributed by atoms with Gasteiger partial charge in [-0.25, -0.2) is 18.9 Å². The molecule has 0 unspecified atom stereocenters. The number of carbonyl (C=O) groups is 1. The van der Waals surface area contributed by atoms with Gasteiger partial charge in [0, 0.05) is 0 Å². The van der Waals surface area contributed by atoms with Crippen LogP contribution in [0, 0.1) is 0 Å². The summed E-state index contributed by atoms with van der Waals surface area (Å²) in [4.78, 5) is 30.2. The van der Waals surface area contributed by atoms with E-state index in [1.54, 1.807) is 48.5 Å². The molecule has 0 saturated carbocycles. The molecular formula is C24H16F3N5O3. The molecule has 0 bridgehead atoms. The van der Waals surface area contributed by atoms with E-state index in [-0.39, 0.29) is 11.5 Å². The molecule has 0 atom stereocenters. The van der Waals surface area contributed by atoms with E-state index in [2.05, 4.69) is 15.4 Å². The zero-order valence-corrected chi connectivity index (χ0v) is 17.9. The highest BCUT2D eigenvalue weighted by Crippen LogP contribution is 2.34. The molecule has 2 heterocycles. The van der Waals surface area contributed by atoms with E-state index < -0.39 is 35.6 Å². The van der Waals surface area contributed by atoms with Gasteiger partial charge < -0.3 is 10.1 Å². The van der Waals surface area contributed by atoms with Crippen LogP contribution in [0.4, 0.5) is 18.9 Å². The molecule has 3 aromatic carbocycles. The number of halogens is 3. The lowest BCUT2D eigenvalue weighted by molar-refractivity contribution is -0.137. The van der Waals surface area contributed by atoms with Crippen LogP contribution in [0.2, 0.25) is 0 Å². The highest BCUT2D eigenvalue weighted by Gasteiger charge is 2.33. The van der Waals surface area contributed by atoms with Crippen LogP contribution >= 0.6 is 0 Å². The number of hydrogen-bond acceptors (Lipinski definition) is 5. The molecule has 0 aliphatic carbocycles. The first-order chi connectivity index (χ1) is 16.8. The van der Waals surface area contributed by atoms with Crippen molar-refractivity contribution in [3.05, 3.63) is 94.9 Å². The smallest absolute Gasteiger partial charge is 0.418 e. The molecule has 1 amide bonds. The van der Waals surface area contributed by atoms with Crippen molar-refractivity contribution in [3.8, 4) is 11.6 Å². The number of aromatic nitrogens is 4. The third kappa shape index (κ3) is 4.31. The Morgan fingerprint density at radius 3 is 2.40 bits per heavy atom. The molecule has 0 aliphatic rings. The van der Waals surface area contributed by atoms with E-state index in [4.69, 9.17) is 4.74 Å². The van der Waals surface area contributed by atoms with Crippen LogP contribution in [0.5, 0.6) is 11.6 Å². The molecule has 0 saturated heterocycles. The Bertz CT molecular complexity index is 1610. The van der Waals surface area contributed by atoms with Gasteiger partial charge in [-0.2, -0.15) is 13.2 Å². The van der Waals surface area contributed by atoms with Gasteiger partial charge in [0.05, 0.1) is 22.3 Å². The van der Waals surface area contributed by atoms with E-state index >= 15 is 0 Å². The largest absolute Gasteiger partial charge is 0.436 e. The average Bonchev–Trinajstić information content (AvgIpc) is 3.16. The normalized spacial score (nSPS) is 11.6. The van der Waals surface area contributed by atoms with Gasteiger partial charge in [0.15, 0.2) is 0 Å². The minimum Gasteiger partial charge on any atom is -0.436 e. The van der Waals surface area contributed by atoms with E-state index in [1.165, 1.54) is 16.5 Å². The summed E-state index contributed by atoms with van der Waals surface area (Å²) in [5, 5.41) is 6.42. The zero-order chi connectivity index (χ0) is 24.6. The van der Waals surface area contributed by atoms with Crippen molar-refractivity contribution in [2.24, 2.45) is 0 Å². The van der Waals surface area contributed by atoms with Gasteiger partial charge in [-0.15, -0.1) is 5.10 Å². The number of para-hydroxylation sites is 4. The van der Waals surface area contributed by atoms with Crippen molar-refractivity contribution in [3.63, 3.8) is 0 Å². The number of hydrogen-bond donors (Lipinski definition) is 1. The average molecular weight is 479 g/mol. The Kier molecular flexibility index (Phi) is 5.44. The second-order valence-electron chi connectivity index (χ2n) is 7.51. The van der Waals surface area contributed by atoms with E-state index in [9.17, 15) is 22.8 Å². The fourth-order valence-corrected chi connectivity index (χ4v) is 3.61. The summed E-state index contributed by atoms with van der Waals surface area (Å²) < 4.78 is 47.7. The molecule has 5 rings (SSSR count). The summed E-state index contributed by atoms with van der Waals surface area (Å²) >= 11 is 0. The second-order valence-corrected chi connectivity index (χ2v) is 7.51. The zero-order valence-electron chi connectivity index (χ0n) is 17.9. The van der Waals surface area contributed by atoms with Crippen LogP contribution < -0.4 is 15.7 Å². The second kappa shape index (κ2) is 8.60. The topological polar surface area (TPSA) is 90.5 Å².